The van der Waals surface area contributed by atoms with E-state index < -0.39 is 0 Å². The lowest BCUT2D eigenvalue weighted by molar-refractivity contribution is 0.104. The third kappa shape index (κ3) is 1.77. The van der Waals surface area contributed by atoms with E-state index in [4.69, 9.17) is 0 Å². The highest BCUT2D eigenvalue weighted by Crippen LogP contribution is 2.28. The number of carbonyl (C=O) groups excluding carboxylic acids is 1. The minimum atomic E-state index is 0.0359. The van der Waals surface area contributed by atoms with Crippen LogP contribution in [0, 0.1) is 0 Å². The highest BCUT2D eigenvalue weighted by molar-refractivity contribution is 9.10. The van der Waals surface area contributed by atoms with Crippen LogP contribution in [-0.4, -0.2) is 10.8 Å². The molecule has 0 saturated carbocycles. The fourth-order valence-electron chi connectivity index (χ4n) is 2.06. The van der Waals surface area contributed by atoms with Gasteiger partial charge in [-0.2, -0.15) is 0 Å². The molecule has 0 amide bonds. The topological polar surface area (TPSA) is 32.9 Å². The summed E-state index contributed by atoms with van der Waals surface area (Å²) in [7, 11) is 0. The summed E-state index contributed by atoms with van der Waals surface area (Å²) in [5, 5.41) is 0.936. The lowest BCUT2D eigenvalue weighted by Gasteiger charge is -2.00. The molecule has 1 N–H and O–H groups in total. The average molecular weight is 300 g/mol. The van der Waals surface area contributed by atoms with Gasteiger partial charge in [0, 0.05) is 32.7 Å². The lowest BCUT2D eigenvalue weighted by Crippen LogP contribution is -1.99. The number of rotatable bonds is 2. The van der Waals surface area contributed by atoms with Gasteiger partial charge < -0.3 is 4.98 Å². The van der Waals surface area contributed by atoms with Crippen LogP contribution in [0.25, 0.3) is 10.9 Å². The zero-order chi connectivity index (χ0) is 12.5. The molecule has 2 nitrogen and oxygen atoms in total. The largest absolute Gasteiger partial charge is 0.360 e. The zero-order valence-electron chi connectivity index (χ0n) is 9.48. The summed E-state index contributed by atoms with van der Waals surface area (Å²) in [6.45, 7) is 0. The van der Waals surface area contributed by atoms with Crippen LogP contribution in [0.2, 0.25) is 0 Å². The Labute approximate surface area is 113 Å². The molecular formula is C15H10BrNO. The molecule has 0 atom stereocenters. The van der Waals surface area contributed by atoms with Gasteiger partial charge >= 0.3 is 0 Å². The molecule has 3 aromatic rings. The summed E-state index contributed by atoms with van der Waals surface area (Å²) in [5.74, 6) is 0.0359. The molecule has 0 bridgehead atoms. The minimum Gasteiger partial charge on any atom is -0.360 e. The van der Waals surface area contributed by atoms with Crippen LogP contribution in [0.5, 0.6) is 0 Å². The van der Waals surface area contributed by atoms with Crippen molar-refractivity contribution in [2.45, 2.75) is 0 Å². The summed E-state index contributed by atoms with van der Waals surface area (Å²) in [4.78, 5) is 15.6. The van der Waals surface area contributed by atoms with Crippen LogP contribution in [0.4, 0.5) is 0 Å². The van der Waals surface area contributed by atoms with Gasteiger partial charge in [0.05, 0.1) is 0 Å². The number of halogens is 1. The van der Waals surface area contributed by atoms with Gasteiger partial charge in [-0.25, -0.2) is 0 Å². The van der Waals surface area contributed by atoms with Crippen molar-refractivity contribution in [3.63, 3.8) is 0 Å². The zero-order valence-corrected chi connectivity index (χ0v) is 11.1. The maximum Gasteiger partial charge on any atom is 0.195 e. The SMILES string of the molecule is O=C(c1ccccc1)c1c[nH]c2cccc(Br)c12. The van der Waals surface area contributed by atoms with Crippen molar-refractivity contribution < 1.29 is 4.79 Å². The van der Waals surface area contributed by atoms with Crippen molar-refractivity contribution >= 4 is 32.6 Å². The fourth-order valence-corrected chi connectivity index (χ4v) is 2.64. The van der Waals surface area contributed by atoms with E-state index in [1.807, 2.05) is 48.5 Å². The molecule has 0 unspecified atom stereocenters. The Bertz CT molecular complexity index is 716. The van der Waals surface area contributed by atoms with Crippen LogP contribution in [0.3, 0.4) is 0 Å². The standard InChI is InChI=1S/C15H10BrNO/c16-12-7-4-8-13-14(12)11(9-17-13)15(18)10-5-2-1-3-6-10/h1-9,17H. The molecule has 18 heavy (non-hydrogen) atoms. The molecule has 0 saturated heterocycles. The number of nitrogens with one attached hydrogen (secondary N) is 1. The first-order chi connectivity index (χ1) is 8.77. The molecule has 1 heterocycles. The second-order valence-electron chi connectivity index (χ2n) is 4.06. The summed E-state index contributed by atoms with van der Waals surface area (Å²) in [5.41, 5.74) is 2.36. The second kappa shape index (κ2) is 4.42. The maximum atomic E-state index is 12.4. The number of benzene rings is 2. The first kappa shape index (κ1) is 11.2. The van der Waals surface area contributed by atoms with E-state index in [1.54, 1.807) is 6.20 Å². The Hall–Kier alpha value is -1.87. The van der Waals surface area contributed by atoms with Crippen LogP contribution < -0.4 is 0 Å². The van der Waals surface area contributed by atoms with Crippen molar-refractivity contribution in [2.75, 3.05) is 0 Å². The lowest BCUT2D eigenvalue weighted by atomic mass is 10.0. The Morgan fingerprint density at radius 1 is 1.00 bits per heavy atom. The third-order valence-electron chi connectivity index (χ3n) is 2.94. The molecule has 3 rings (SSSR count). The van der Waals surface area contributed by atoms with Crippen LogP contribution in [0.15, 0.2) is 59.2 Å². The monoisotopic (exact) mass is 299 g/mol. The molecular weight excluding hydrogens is 290 g/mol. The van der Waals surface area contributed by atoms with E-state index in [0.717, 1.165) is 15.4 Å². The number of ketones is 1. The van der Waals surface area contributed by atoms with Gasteiger partial charge in [-0.05, 0) is 12.1 Å². The average Bonchev–Trinajstić information content (AvgIpc) is 2.84. The molecule has 3 heteroatoms. The molecule has 0 aliphatic heterocycles. The van der Waals surface area contributed by atoms with Crippen LogP contribution in [0.1, 0.15) is 15.9 Å². The molecule has 0 aliphatic rings. The molecule has 1 aromatic heterocycles. The number of carbonyl (C=O) groups is 1. The molecule has 0 radical (unpaired) electrons. The normalized spacial score (nSPS) is 10.7. The molecule has 0 spiro atoms. The van der Waals surface area contributed by atoms with Crippen molar-refractivity contribution in [3.05, 3.63) is 70.3 Å². The van der Waals surface area contributed by atoms with E-state index in [-0.39, 0.29) is 5.78 Å². The predicted molar refractivity (Wildman–Crippen MR) is 75.9 cm³/mol. The van der Waals surface area contributed by atoms with Gasteiger partial charge in [0.15, 0.2) is 5.78 Å². The van der Waals surface area contributed by atoms with Gasteiger partial charge in [0.1, 0.15) is 0 Å². The quantitative estimate of drug-likeness (QED) is 0.708. The highest BCUT2D eigenvalue weighted by Gasteiger charge is 2.15. The van der Waals surface area contributed by atoms with E-state index in [2.05, 4.69) is 20.9 Å². The van der Waals surface area contributed by atoms with Gasteiger partial charge in [0.25, 0.3) is 0 Å². The molecule has 2 aromatic carbocycles. The van der Waals surface area contributed by atoms with Crippen LogP contribution >= 0.6 is 15.9 Å². The molecule has 0 aliphatic carbocycles. The summed E-state index contributed by atoms with van der Waals surface area (Å²) in [6, 6.07) is 15.2. The Morgan fingerprint density at radius 2 is 1.78 bits per heavy atom. The van der Waals surface area contributed by atoms with Crippen molar-refractivity contribution in [1.29, 1.82) is 0 Å². The number of H-pyrrole nitrogens is 1. The number of hydrogen-bond donors (Lipinski definition) is 1. The number of aromatic amines is 1. The van der Waals surface area contributed by atoms with E-state index in [9.17, 15) is 4.79 Å². The maximum absolute atomic E-state index is 12.4. The Kier molecular flexibility index (Phi) is 2.76. The van der Waals surface area contributed by atoms with E-state index in [1.165, 1.54) is 0 Å². The van der Waals surface area contributed by atoms with Gasteiger partial charge in [-0.3, -0.25) is 4.79 Å². The van der Waals surface area contributed by atoms with E-state index in [0.29, 0.717) is 11.1 Å². The number of aromatic nitrogens is 1. The Morgan fingerprint density at radius 3 is 2.56 bits per heavy atom. The molecule has 0 fully saturated rings. The number of hydrogen-bond acceptors (Lipinski definition) is 1. The highest BCUT2D eigenvalue weighted by atomic mass is 79.9. The third-order valence-corrected chi connectivity index (χ3v) is 3.60. The summed E-state index contributed by atoms with van der Waals surface area (Å²) in [6.07, 6.45) is 1.77. The van der Waals surface area contributed by atoms with Gasteiger partial charge in [0.2, 0.25) is 0 Å². The smallest absolute Gasteiger partial charge is 0.195 e. The second-order valence-corrected chi connectivity index (χ2v) is 4.91. The van der Waals surface area contributed by atoms with Gasteiger partial charge in [-0.15, -0.1) is 0 Å². The Balaban J connectivity index is 2.19. The summed E-state index contributed by atoms with van der Waals surface area (Å²) >= 11 is 3.50. The van der Waals surface area contributed by atoms with Crippen molar-refractivity contribution in [3.8, 4) is 0 Å². The fraction of sp³-hybridized carbons (Fsp3) is 0. The van der Waals surface area contributed by atoms with Crippen molar-refractivity contribution in [1.82, 2.24) is 4.98 Å². The van der Waals surface area contributed by atoms with Crippen LogP contribution in [-0.2, 0) is 0 Å². The minimum absolute atomic E-state index is 0.0359. The first-order valence-electron chi connectivity index (χ1n) is 5.63. The summed E-state index contributed by atoms with van der Waals surface area (Å²) < 4.78 is 0.931. The van der Waals surface area contributed by atoms with Gasteiger partial charge in [-0.1, -0.05) is 52.3 Å². The number of fused-ring (bicyclic) bond motifs is 1. The molecule has 88 valence electrons. The first-order valence-corrected chi connectivity index (χ1v) is 6.42. The van der Waals surface area contributed by atoms with E-state index >= 15 is 0 Å². The predicted octanol–water partition coefficient (Wildman–Crippen LogP) is 4.16. The van der Waals surface area contributed by atoms with Crippen molar-refractivity contribution in [2.24, 2.45) is 0 Å².